The minimum absolute atomic E-state index is 0.106. The number of aromatic nitrogens is 1. The first-order valence-electron chi connectivity index (χ1n) is 6.38. The van der Waals surface area contributed by atoms with Gasteiger partial charge in [-0.1, -0.05) is 6.92 Å². The van der Waals surface area contributed by atoms with Gasteiger partial charge in [0.05, 0.1) is 12.1 Å². The van der Waals surface area contributed by atoms with Gasteiger partial charge in [0.25, 0.3) is 5.91 Å². The zero-order valence-electron chi connectivity index (χ0n) is 11.7. The van der Waals surface area contributed by atoms with Crippen LogP contribution in [0, 0.1) is 29.6 Å². The monoisotopic (exact) mass is 271 g/mol. The predicted octanol–water partition coefficient (Wildman–Crippen LogP) is 1.70. The smallest absolute Gasteiger partial charge is 0.255 e. The minimum Gasteiger partial charge on any atom is -0.370 e. The molecule has 0 bridgehead atoms. The summed E-state index contributed by atoms with van der Waals surface area (Å²) in [6, 6.07) is 7.08. The highest BCUT2D eigenvalue weighted by atomic mass is 16.2. The Morgan fingerprint density at radius 2 is 2.00 bits per heavy atom. The molecule has 0 aliphatic carbocycles. The standard InChI is InChI=1S/C14H17N5O/c1-3-6-17-13-10-12(9-11(2)18-13)14(20)19(7-4-15)8-5-16/h9-10H,3,6-8H2,1-2H3,(H,17,18). The van der Waals surface area contributed by atoms with Gasteiger partial charge in [-0.05, 0) is 25.5 Å². The first-order valence-corrected chi connectivity index (χ1v) is 6.38. The van der Waals surface area contributed by atoms with Crippen LogP contribution >= 0.6 is 0 Å². The maximum absolute atomic E-state index is 12.3. The summed E-state index contributed by atoms with van der Waals surface area (Å²) >= 11 is 0. The van der Waals surface area contributed by atoms with E-state index in [4.69, 9.17) is 10.5 Å². The molecule has 0 radical (unpaired) electrons. The molecule has 0 saturated heterocycles. The summed E-state index contributed by atoms with van der Waals surface area (Å²) in [7, 11) is 0. The summed E-state index contributed by atoms with van der Waals surface area (Å²) in [5, 5.41) is 20.5. The maximum Gasteiger partial charge on any atom is 0.255 e. The van der Waals surface area contributed by atoms with E-state index in [-0.39, 0.29) is 19.0 Å². The third-order valence-electron chi connectivity index (χ3n) is 2.57. The van der Waals surface area contributed by atoms with Gasteiger partial charge in [-0.25, -0.2) is 4.98 Å². The summed E-state index contributed by atoms with van der Waals surface area (Å²) in [5.41, 5.74) is 1.14. The van der Waals surface area contributed by atoms with Crippen LogP contribution < -0.4 is 5.32 Å². The fourth-order valence-corrected chi connectivity index (χ4v) is 1.69. The third-order valence-corrected chi connectivity index (χ3v) is 2.57. The summed E-state index contributed by atoms with van der Waals surface area (Å²) in [4.78, 5) is 17.8. The Bertz CT molecular complexity index is 540. The normalized spacial score (nSPS) is 9.40. The molecule has 0 fully saturated rings. The number of nitrogens with zero attached hydrogens (tertiary/aromatic N) is 4. The van der Waals surface area contributed by atoms with E-state index in [1.807, 2.05) is 19.1 Å². The molecular weight excluding hydrogens is 254 g/mol. The molecule has 1 amide bonds. The van der Waals surface area contributed by atoms with Crippen LogP contribution in [0.25, 0.3) is 0 Å². The predicted molar refractivity (Wildman–Crippen MR) is 74.9 cm³/mol. The molecule has 104 valence electrons. The second kappa shape index (κ2) is 7.75. The van der Waals surface area contributed by atoms with Crippen molar-refractivity contribution in [2.24, 2.45) is 0 Å². The first-order chi connectivity index (χ1) is 9.62. The van der Waals surface area contributed by atoms with Gasteiger partial charge in [0.15, 0.2) is 0 Å². The van der Waals surface area contributed by atoms with Crippen molar-refractivity contribution in [2.45, 2.75) is 20.3 Å². The molecule has 1 aromatic heterocycles. The Balaban J connectivity index is 2.99. The molecule has 1 rings (SSSR count). The van der Waals surface area contributed by atoms with Crippen LogP contribution in [-0.4, -0.2) is 35.4 Å². The molecule has 1 N–H and O–H groups in total. The molecular formula is C14H17N5O. The molecule has 0 aliphatic heterocycles. The molecule has 20 heavy (non-hydrogen) atoms. The van der Waals surface area contributed by atoms with Crippen LogP contribution in [-0.2, 0) is 0 Å². The number of hydrogen-bond donors (Lipinski definition) is 1. The Kier molecular flexibility index (Phi) is 5.99. The zero-order valence-corrected chi connectivity index (χ0v) is 11.7. The SMILES string of the molecule is CCCNc1cc(C(=O)N(CC#N)CC#N)cc(C)n1. The maximum atomic E-state index is 12.3. The summed E-state index contributed by atoms with van der Waals surface area (Å²) in [6.07, 6.45) is 0.952. The molecule has 0 aromatic carbocycles. The van der Waals surface area contributed by atoms with Crippen molar-refractivity contribution in [3.05, 3.63) is 23.4 Å². The van der Waals surface area contributed by atoms with E-state index < -0.39 is 0 Å². The molecule has 6 nitrogen and oxygen atoms in total. The van der Waals surface area contributed by atoms with E-state index in [1.165, 1.54) is 4.90 Å². The second-order valence-electron chi connectivity index (χ2n) is 4.29. The van der Waals surface area contributed by atoms with Crippen molar-refractivity contribution < 1.29 is 4.79 Å². The Hall–Kier alpha value is -2.60. The van der Waals surface area contributed by atoms with Gasteiger partial charge in [0.1, 0.15) is 18.9 Å². The molecule has 0 aliphatic rings. The lowest BCUT2D eigenvalue weighted by molar-refractivity contribution is 0.0794. The third kappa shape index (κ3) is 4.25. The molecule has 0 unspecified atom stereocenters. The van der Waals surface area contributed by atoms with Gasteiger partial charge in [-0.2, -0.15) is 10.5 Å². The highest BCUT2D eigenvalue weighted by Crippen LogP contribution is 2.12. The van der Waals surface area contributed by atoms with Crippen LogP contribution in [0.15, 0.2) is 12.1 Å². The molecule has 1 aromatic rings. The van der Waals surface area contributed by atoms with Crippen molar-refractivity contribution in [1.29, 1.82) is 10.5 Å². The van der Waals surface area contributed by atoms with Gasteiger partial charge in [0.2, 0.25) is 0 Å². The Morgan fingerprint density at radius 1 is 1.35 bits per heavy atom. The van der Waals surface area contributed by atoms with E-state index >= 15 is 0 Å². The van der Waals surface area contributed by atoms with E-state index in [1.54, 1.807) is 19.1 Å². The number of hydrogen-bond acceptors (Lipinski definition) is 5. The lowest BCUT2D eigenvalue weighted by atomic mass is 10.2. The van der Waals surface area contributed by atoms with Gasteiger partial charge in [-0.15, -0.1) is 0 Å². The lowest BCUT2D eigenvalue weighted by Gasteiger charge is -2.16. The highest BCUT2D eigenvalue weighted by molar-refractivity contribution is 5.95. The number of amides is 1. The van der Waals surface area contributed by atoms with E-state index in [9.17, 15) is 4.79 Å². The van der Waals surface area contributed by atoms with Crippen LogP contribution in [0.3, 0.4) is 0 Å². The van der Waals surface area contributed by atoms with Gasteiger partial charge >= 0.3 is 0 Å². The van der Waals surface area contributed by atoms with Gasteiger partial charge < -0.3 is 10.2 Å². The number of nitriles is 2. The molecule has 0 saturated carbocycles. The lowest BCUT2D eigenvalue weighted by Crippen LogP contribution is -2.32. The Labute approximate surface area is 118 Å². The molecule has 0 spiro atoms. The van der Waals surface area contributed by atoms with E-state index in [0.717, 1.165) is 13.0 Å². The number of carbonyl (C=O) groups is 1. The van der Waals surface area contributed by atoms with Crippen LogP contribution in [0.2, 0.25) is 0 Å². The average Bonchev–Trinajstić information content (AvgIpc) is 2.43. The zero-order chi connectivity index (χ0) is 15.0. The van der Waals surface area contributed by atoms with E-state index in [2.05, 4.69) is 10.3 Å². The van der Waals surface area contributed by atoms with Crippen molar-refractivity contribution >= 4 is 11.7 Å². The fraction of sp³-hybridized carbons (Fsp3) is 0.429. The first kappa shape index (κ1) is 15.5. The highest BCUT2D eigenvalue weighted by Gasteiger charge is 2.16. The van der Waals surface area contributed by atoms with Crippen molar-refractivity contribution in [3.63, 3.8) is 0 Å². The number of carbonyl (C=O) groups excluding carboxylic acids is 1. The van der Waals surface area contributed by atoms with Crippen LogP contribution in [0.1, 0.15) is 29.4 Å². The number of nitrogens with one attached hydrogen (secondary N) is 1. The quantitative estimate of drug-likeness (QED) is 0.795. The summed E-state index contributed by atoms with van der Waals surface area (Å²) in [6.45, 7) is 4.39. The van der Waals surface area contributed by atoms with Gasteiger partial charge in [0, 0.05) is 17.8 Å². The van der Waals surface area contributed by atoms with Crippen LogP contribution in [0.4, 0.5) is 5.82 Å². The number of anilines is 1. The molecule has 6 heteroatoms. The average molecular weight is 271 g/mol. The topological polar surface area (TPSA) is 92.8 Å². The van der Waals surface area contributed by atoms with Crippen molar-refractivity contribution in [1.82, 2.24) is 9.88 Å². The summed E-state index contributed by atoms with van der Waals surface area (Å²) in [5.74, 6) is 0.294. The largest absolute Gasteiger partial charge is 0.370 e. The van der Waals surface area contributed by atoms with E-state index in [0.29, 0.717) is 17.1 Å². The molecule has 1 heterocycles. The van der Waals surface area contributed by atoms with Crippen molar-refractivity contribution in [2.75, 3.05) is 25.0 Å². The van der Waals surface area contributed by atoms with Crippen LogP contribution in [0.5, 0.6) is 0 Å². The second-order valence-corrected chi connectivity index (χ2v) is 4.29. The number of rotatable bonds is 6. The Morgan fingerprint density at radius 3 is 2.55 bits per heavy atom. The molecule has 0 atom stereocenters. The number of pyridine rings is 1. The van der Waals surface area contributed by atoms with Crippen molar-refractivity contribution in [3.8, 4) is 12.1 Å². The fourth-order valence-electron chi connectivity index (χ4n) is 1.69. The van der Waals surface area contributed by atoms with Gasteiger partial charge in [-0.3, -0.25) is 4.79 Å². The number of aryl methyl sites for hydroxylation is 1. The summed E-state index contributed by atoms with van der Waals surface area (Å²) < 4.78 is 0. The minimum atomic E-state index is -0.335.